The normalized spacial score (nSPS) is 10.2. The molecule has 0 fully saturated rings. The van der Waals surface area contributed by atoms with Gasteiger partial charge in [0.15, 0.2) is 5.78 Å². The number of fused-ring (bicyclic) bond motifs is 1. The van der Waals surface area contributed by atoms with Crippen LogP contribution in [0.3, 0.4) is 0 Å². The van der Waals surface area contributed by atoms with E-state index in [1.54, 1.807) is 12.1 Å². The van der Waals surface area contributed by atoms with Gasteiger partial charge in [0.05, 0.1) is 6.42 Å². The van der Waals surface area contributed by atoms with Crippen molar-refractivity contribution in [1.29, 1.82) is 0 Å². The summed E-state index contributed by atoms with van der Waals surface area (Å²) in [5.74, 6) is -0.831. The van der Waals surface area contributed by atoms with E-state index in [-0.39, 0.29) is 12.2 Å². The van der Waals surface area contributed by atoms with Gasteiger partial charge in [-0.15, -0.1) is 0 Å². The molecule has 2 rings (SSSR count). The summed E-state index contributed by atoms with van der Waals surface area (Å²) in [6.07, 6.45) is -0.242. The van der Waals surface area contributed by atoms with E-state index in [0.717, 1.165) is 10.8 Å². The van der Waals surface area contributed by atoms with E-state index in [0.29, 0.717) is 5.56 Å². The number of amides is 1. The molecule has 0 aliphatic rings. The maximum Gasteiger partial charge on any atom is 0.225 e. The third-order valence-electron chi connectivity index (χ3n) is 2.42. The van der Waals surface area contributed by atoms with Crippen LogP contribution in [0.25, 0.3) is 10.8 Å². The lowest BCUT2D eigenvalue weighted by molar-refractivity contribution is -0.117. The van der Waals surface area contributed by atoms with Crippen LogP contribution in [-0.2, 0) is 4.79 Å². The van der Waals surface area contributed by atoms with Gasteiger partial charge in [-0.1, -0.05) is 42.5 Å². The molecule has 16 heavy (non-hydrogen) atoms. The second-order valence-corrected chi connectivity index (χ2v) is 3.59. The molecule has 2 aromatic rings. The fourth-order valence-electron chi connectivity index (χ4n) is 1.72. The fraction of sp³-hybridized carbons (Fsp3) is 0.0769. The van der Waals surface area contributed by atoms with Crippen LogP contribution in [0.15, 0.2) is 42.5 Å². The summed E-state index contributed by atoms with van der Waals surface area (Å²) in [6.45, 7) is 0. The van der Waals surface area contributed by atoms with Crippen molar-refractivity contribution in [3.63, 3.8) is 0 Å². The lowest BCUT2D eigenvalue weighted by atomic mass is 10.00. The first kappa shape index (κ1) is 10.4. The topological polar surface area (TPSA) is 60.2 Å². The van der Waals surface area contributed by atoms with Gasteiger partial charge >= 0.3 is 0 Å². The lowest BCUT2D eigenvalue weighted by Crippen LogP contribution is -2.16. The van der Waals surface area contributed by atoms with Crippen LogP contribution >= 0.6 is 0 Å². The predicted octanol–water partition coefficient (Wildman–Crippen LogP) is 1.90. The van der Waals surface area contributed by atoms with E-state index in [1.807, 2.05) is 30.3 Å². The molecule has 0 saturated carbocycles. The molecule has 2 N–H and O–H groups in total. The summed E-state index contributed by atoms with van der Waals surface area (Å²) in [7, 11) is 0. The lowest BCUT2D eigenvalue weighted by Gasteiger charge is -2.03. The van der Waals surface area contributed by atoms with E-state index < -0.39 is 5.91 Å². The molecule has 3 heteroatoms. The first-order valence-electron chi connectivity index (χ1n) is 4.98. The van der Waals surface area contributed by atoms with Crippen molar-refractivity contribution in [2.24, 2.45) is 5.73 Å². The molecule has 0 unspecified atom stereocenters. The second-order valence-electron chi connectivity index (χ2n) is 3.59. The highest BCUT2D eigenvalue weighted by atomic mass is 16.2. The Bertz CT molecular complexity index is 555. The van der Waals surface area contributed by atoms with Gasteiger partial charge in [0, 0.05) is 5.56 Å². The van der Waals surface area contributed by atoms with E-state index >= 15 is 0 Å². The van der Waals surface area contributed by atoms with E-state index in [9.17, 15) is 9.59 Å². The van der Waals surface area contributed by atoms with Crippen molar-refractivity contribution in [2.75, 3.05) is 0 Å². The van der Waals surface area contributed by atoms with Crippen molar-refractivity contribution >= 4 is 22.5 Å². The largest absolute Gasteiger partial charge is 0.369 e. The first-order chi connectivity index (χ1) is 7.68. The van der Waals surface area contributed by atoms with Crippen molar-refractivity contribution in [2.45, 2.75) is 6.42 Å². The molecular formula is C13H11NO2. The van der Waals surface area contributed by atoms with Crippen LogP contribution in [0.1, 0.15) is 16.8 Å². The number of primary amides is 1. The standard InChI is InChI=1S/C13H11NO2/c14-13(16)8-12(15)11-7-3-5-9-4-1-2-6-10(9)11/h1-7H,8H2,(H2,14,16). The Morgan fingerprint density at radius 2 is 1.69 bits per heavy atom. The number of hydrogen-bond donors (Lipinski definition) is 1. The van der Waals surface area contributed by atoms with Gasteiger partial charge in [-0.25, -0.2) is 0 Å². The Balaban J connectivity index is 2.52. The molecule has 0 spiro atoms. The summed E-state index contributed by atoms with van der Waals surface area (Å²) < 4.78 is 0. The smallest absolute Gasteiger partial charge is 0.225 e. The molecule has 0 aromatic heterocycles. The summed E-state index contributed by atoms with van der Waals surface area (Å²) in [6, 6.07) is 13.0. The monoisotopic (exact) mass is 213 g/mol. The minimum atomic E-state index is -0.599. The number of ketones is 1. The maximum absolute atomic E-state index is 11.8. The van der Waals surface area contributed by atoms with Crippen molar-refractivity contribution < 1.29 is 9.59 Å². The van der Waals surface area contributed by atoms with Gasteiger partial charge in [0.2, 0.25) is 5.91 Å². The van der Waals surface area contributed by atoms with Crippen LogP contribution in [0.2, 0.25) is 0 Å². The average Bonchev–Trinajstić information content (AvgIpc) is 2.27. The fourth-order valence-corrected chi connectivity index (χ4v) is 1.72. The molecule has 0 heterocycles. The molecule has 0 radical (unpaired) electrons. The Morgan fingerprint density at radius 1 is 1.00 bits per heavy atom. The van der Waals surface area contributed by atoms with Gasteiger partial charge in [-0.05, 0) is 10.8 Å². The Kier molecular flexibility index (Phi) is 2.68. The van der Waals surface area contributed by atoms with Crippen LogP contribution in [0, 0.1) is 0 Å². The second kappa shape index (κ2) is 4.14. The summed E-state index contributed by atoms with van der Waals surface area (Å²) in [5, 5.41) is 1.84. The molecule has 0 atom stereocenters. The van der Waals surface area contributed by atoms with Crippen LogP contribution < -0.4 is 5.73 Å². The minimum Gasteiger partial charge on any atom is -0.369 e. The predicted molar refractivity (Wildman–Crippen MR) is 62.1 cm³/mol. The first-order valence-corrected chi connectivity index (χ1v) is 4.98. The highest BCUT2D eigenvalue weighted by Gasteiger charge is 2.11. The molecule has 0 saturated heterocycles. The van der Waals surface area contributed by atoms with E-state index in [4.69, 9.17) is 5.73 Å². The van der Waals surface area contributed by atoms with Crippen LogP contribution in [0.4, 0.5) is 0 Å². The molecule has 80 valence electrons. The highest BCUT2D eigenvalue weighted by Crippen LogP contribution is 2.19. The summed E-state index contributed by atoms with van der Waals surface area (Å²) >= 11 is 0. The Hall–Kier alpha value is -2.16. The van der Waals surface area contributed by atoms with Crippen molar-refractivity contribution in [1.82, 2.24) is 0 Å². The Morgan fingerprint density at radius 3 is 2.44 bits per heavy atom. The SMILES string of the molecule is NC(=O)CC(=O)c1cccc2ccccc12. The van der Waals surface area contributed by atoms with Gasteiger partial charge < -0.3 is 5.73 Å². The number of carbonyl (C=O) groups is 2. The summed E-state index contributed by atoms with van der Waals surface area (Å²) in [4.78, 5) is 22.5. The zero-order valence-corrected chi connectivity index (χ0v) is 8.64. The average molecular weight is 213 g/mol. The molecule has 2 aromatic carbocycles. The number of hydrogen-bond acceptors (Lipinski definition) is 2. The molecule has 0 aliphatic carbocycles. The van der Waals surface area contributed by atoms with Gasteiger partial charge in [0.1, 0.15) is 0 Å². The molecule has 0 aliphatic heterocycles. The molecular weight excluding hydrogens is 202 g/mol. The zero-order chi connectivity index (χ0) is 11.5. The quantitative estimate of drug-likeness (QED) is 0.625. The zero-order valence-electron chi connectivity index (χ0n) is 8.64. The van der Waals surface area contributed by atoms with Gasteiger partial charge in [-0.3, -0.25) is 9.59 Å². The van der Waals surface area contributed by atoms with E-state index in [2.05, 4.69) is 0 Å². The van der Waals surface area contributed by atoms with Crippen LogP contribution in [0.5, 0.6) is 0 Å². The molecule has 1 amide bonds. The number of benzene rings is 2. The summed E-state index contributed by atoms with van der Waals surface area (Å²) in [5.41, 5.74) is 5.57. The highest BCUT2D eigenvalue weighted by molar-refractivity contribution is 6.13. The number of rotatable bonds is 3. The van der Waals surface area contributed by atoms with Crippen molar-refractivity contribution in [3.8, 4) is 0 Å². The number of Topliss-reactive ketones (excluding diaryl/α,β-unsaturated/α-hetero) is 1. The third-order valence-corrected chi connectivity index (χ3v) is 2.42. The van der Waals surface area contributed by atoms with Gasteiger partial charge in [0.25, 0.3) is 0 Å². The maximum atomic E-state index is 11.8. The van der Waals surface area contributed by atoms with E-state index in [1.165, 1.54) is 0 Å². The van der Waals surface area contributed by atoms with Gasteiger partial charge in [-0.2, -0.15) is 0 Å². The molecule has 3 nitrogen and oxygen atoms in total. The third kappa shape index (κ3) is 1.93. The minimum absolute atomic E-state index is 0.232. The van der Waals surface area contributed by atoms with Crippen LogP contribution in [-0.4, -0.2) is 11.7 Å². The number of carbonyl (C=O) groups excluding carboxylic acids is 2. The van der Waals surface area contributed by atoms with Crippen molar-refractivity contribution in [3.05, 3.63) is 48.0 Å². The number of nitrogens with two attached hydrogens (primary N) is 1. The molecule has 0 bridgehead atoms. The Labute approximate surface area is 92.9 Å².